The van der Waals surface area contributed by atoms with Crippen LogP contribution >= 0.6 is 0 Å². The summed E-state index contributed by atoms with van der Waals surface area (Å²) in [7, 11) is 0. The molecule has 5 aliphatic carbocycles. The second-order valence-corrected chi connectivity index (χ2v) is 20.2. The van der Waals surface area contributed by atoms with E-state index in [4.69, 9.17) is 33.3 Å². The molecule has 1 aliphatic heterocycles. The zero-order valence-corrected chi connectivity index (χ0v) is 36.7. The van der Waals surface area contributed by atoms with Crippen LogP contribution in [0.15, 0.2) is 173 Å². The number of benzene rings is 8. The fourth-order valence-electron chi connectivity index (χ4n) is 15.1. The van der Waals surface area contributed by atoms with Crippen molar-refractivity contribution >= 4 is 43.9 Å². The van der Waals surface area contributed by atoms with E-state index < -0.39 is 0 Å². The van der Waals surface area contributed by atoms with Crippen LogP contribution < -0.4 is 9.47 Å². The summed E-state index contributed by atoms with van der Waals surface area (Å²) in [5.41, 5.74) is 13.6. The third kappa shape index (κ3) is 4.31. The van der Waals surface area contributed by atoms with Crippen LogP contribution in [0.25, 0.3) is 100 Å². The fraction of sp³-hybridized carbons (Fsp3) is 0.164. The smallest absolute Gasteiger partial charge is 0.178 e. The molecular weight excluding hydrogens is 839 g/mol. The number of hydrogen-bond acceptors (Lipinski definition) is 7. The summed E-state index contributed by atoms with van der Waals surface area (Å²) in [5.74, 6) is 7.90. The fourth-order valence-corrected chi connectivity index (χ4v) is 15.1. The van der Waals surface area contributed by atoms with Gasteiger partial charge in [0.2, 0.25) is 0 Å². The van der Waals surface area contributed by atoms with Gasteiger partial charge in [-0.05, 0) is 113 Å². The molecule has 0 amide bonds. The Hall–Kier alpha value is -8.03. The van der Waals surface area contributed by atoms with Gasteiger partial charge in [-0.3, -0.25) is 0 Å². The second kappa shape index (κ2) is 12.5. The van der Waals surface area contributed by atoms with Gasteiger partial charge in [0, 0.05) is 43.7 Å². The van der Waals surface area contributed by atoms with E-state index in [2.05, 4.69) is 91.0 Å². The van der Waals surface area contributed by atoms with Crippen LogP contribution in [-0.4, -0.2) is 15.0 Å². The Balaban J connectivity index is 0.785. The minimum atomic E-state index is 0.0809. The van der Waals surface area contributed by atoms with Crippen molar-refractivity contribution in [2.75, 3.05) is 0 Å². The van der Waals surface area contributed by atoms with Gasteiger partial charge in [0.15, 0.2) is 40.5 Å². The highest BCUT2D eigenvalue weighted by Gasteiger charge is 2.84. The molecule has 7 heteroatoms. The van der Waals surface area contributed by atoms with Crippen LogP contribution in [0.2, 0.25) is 0 Å². The maximum Gasteiger partial charge on any atom is 0.178 e. The van der Waals surface area contributed by atoms with Crippen molar-refractivity contribution in [3.05, 3.63) is 175 Å². The van der Waals surface area contributed by atoms with Gasteiger partial charge < -0.3 is 18.3 Å². The number of nitrogens with zero attached hydrogens (tertiary/aromatic N) is 3. The second-order valence-electron chi connectivity index (χ2n) is 20.2. The molecule has 17 rings (SSSR count). The average Bonchev–Trinajstić information content (AvgIpc) is 4.20. The predicted octanol–water partition coefficient (Wildman–Crippen LogP) is 15.6. The summed E-state index contributed by atoms with van der Waals surface area (Å²) in [6.45, 7) is 0. The molecule has 2 bridgehead atoms. The molecule has 11 aromatic rings. The normalized spacial score (nSPS) is 24.0. The quantitative estimate of drug-likeness (QED) is 0.174. The Morgan fingerprint density at radius 3 is 1.75 bits per heavy atom. The SMILES string of the molecule is c1ccc2c(c1)-c1c(ccc3c1Oc1c(cccc1-c1ccc(-c4nc(-c5cccc6c5oc5ccccc56)nc(-c5cccc6c5oc5ccccc56)n4)cc1)O3)C21C2CC3CC4CC1C42C3. The van der Waals surface area contributed by atoms with E-state index >= 15 is 0 Å². The Bertz CT molecular complexity index is 3920. The molecule has 0 saturated heterocycles. The van der Waals surface area contributed by atoms with Crippen molar-refractivity contribution < 1.29 is 18.3 Å². The van der Waals surface area contributed by atoms with Crippen LogP contribution in [0.3, 0.4) is 0 Å². The first-order valence-electron chi connectivity index (χ1n) is 24.1. The number of para-hydroxylation sites is 5. The lowest BCUT2D eigenvalue weighted by atomic mass is 9.27. The highest BCUT2D eigenvalue weighted by Crippen LogP contribution is 2.90. The van der Waals surface area contributed by atoms with Gasteiger partial charge in [0.1, 0.15) is 22.3 Å². The van der Waals surface area contributed by atoms with Crippen molar-refractivity contribution in [3.63, 3.8) is 0 Å². The number of furan rings is 2. The molecule has 4 heterocycles. The van der Waals surface area contributed by atoms with Crippen molar-refractivity contribution in [3.8, 4) is 79.4 Å². The molecule has 6 aliphatic rings. The van der Waals surface area contributed by atoms with Crippen LogP contribution in [0.4, 0.5) is 0 Å². The molecule has 0 radical (unpaired) electrons. The molecular formula is C61H39N3O4. The number of aromatic nitrogens is 3. The lowest BCUT2D eigenvalue weighted by molar-refractivity contribution is -0.231. The third-order valence-corrected chi connectivity index (χ3v) is 17.5. The van der Waals surface area contributed by atoms with Crippen molar-refractivity contribution in [2.45, 2.75) is 31.1 Å². The minimum Gasteiger partial charge on any atom is -0.455 e. The Morgan fingerprint density at radius 1 is 0.426 bits per heavy atom. The first kappa shape index (κ1) is 36.1. The Kier molecular flexibility index (Phi) is 6.64. The molecule has 2 spiro atoms. The summed E-state index contributed by atoms with van der Waals surface area (Å²) in [5, 5.41) is 4.10. The van der Waals surface area contributed by atoms with Gasteiger partial charge in [-0.1, -0.05) is 127 Å². The summed E-state index contributed by atoms with van der Waals surface area (Å²) < 4.78 is 27.1. The lowest BCUT2D eigenvalue weighted by Gasteiger charge is -2.76. The zero-order valence-electron chi connectivity index (χ0n) is 36.7. The van der Waals surface area contributed by atoms with E-state index in [-0.39, 0.29) is 5.41 Å². The van der Waals surface area contributed by atoms with Gasteiger partial charge in [0.05, 0.1) is 11.1 Å². The van der Waals surface area contributed by atoms with Crippen LogP contribution in [-0.2, 0) is 5.41 Å². The van der Waals surface area contributed by atoms with Gasteiger partial charge in [-0.25, -0.2) is 15.0 Å². The number of fused-ring (bicyclic) bond motifs is 17. The van der Waals surface area contributed by atoms with E-state index in [9.17, 15) is 0 Å². The molecule has 322 valence electrons. The van der Waals surface area contributed by atoms with Crippen LogP contribution in [0.1, 0.15) is 36.8 Å². The molecule has 0 N–H and O–H groups in total. The van der Waals surface area contributed by atoms with Gasteiger partial charge >= 0.3 is 0 Å². The Labute approximate surface area is 390 Å². The standard InChI is InChI=1S/C61H39N3O4/c1-4-18-44-41(12-1)52-45(61(44)50-29-32-28-35-30-51(61)60(35,50)31-32)26-27-49-56(52)68-55-36(13-9-21-48(55)65-49)33-22-24-34(25-23-33)57-62-58(42-16-7-14-39-37-10-2-5-19-46(37)66-53(39)42)64-59(63-57)43-17-8-15-40-38-11-3-6-20-47(38)67-54(40)43/h1-27,32,35,50-51H,28-31H2. The lowest BCUT2D eigenvalue weighted by Crippen LogP contribution is -2.73. The molecule has 7 nitrogen and oxygen atoms in total. The van der Waals surface area contributed by atoms with Gasteiger partial charge in [-0.2, -0.15) is 0 Å². The van der Waals surface area contributed by atoms with Crippen molar-refractivity contribution in [2.24, 2.45) is 29.1 Å². The highest BCUT2D eigenvalue weighted by molar-refractivity contribution is 6.10. The molecule has 4 saturated carbocycles. The maximum atomic E-state index is 7.23. The van der Waals surface area contributed by atoms with Crippen molar-refractivity contribution in [1.82, 2.24) is 15.0 Å². The first-order valence-corrected chi connectivity index (χ1v) is 24.1. The summed E-state index contributed by atoms with van der Waals surface area (Å²) >= 11 is 0. The van der Waals surface area contributed by atoms with Crippen LogP contribution in [0, 0.1) is 29.1 Å². The number of ether oxygens (including phenoxy) is 2. The third-order valence-electron chi connectivity index (χ3n) is 17.5. The predicted molar refractivity (Wildman–Crippen MR) is 264 cm³/mol. The molecule has 68 heavy (non-hydrogen) atoms. The largest absolute Gasteiger partial charge is 0.455 e. The summed E-state index contributed by atoms with van der Waals surface area (Å²) in [4.78, 5) is 15.6. The number of rotatable bonds is 4. The highest BCUT2D eigenvalue weighted by atomic mass is 16.6. The maximum absolute atomic E-state index is 7.23. The van der Waals surface area contributed by atoms with E-state index in [1.165, 1.54) is 47.9 Å². The molecule has 4 fully saturated rings. The molecule has 3 aromatic heterocycles. The zero-order chi connectivity index (χ0) is 44.0. The molecule has 8 aromatic carbocycles. The summed E-state index contributed by atoms with van der Waals surface area (Å²) in [6.07, 6.45) is 5.62. The van der Waals surface area contributed by atoms with Gasteiger partial charge in [0.25, 0.3) is 0 Å². The first-order chi connectivity index (χ1) is 33.6. The Morgan fingerprint density at radius 2 is 1.01 bits per heavy atom. The van der Waals surface area contributed by atoms with E-state index in [1.807, 2.05) is 72.8 Å². The topological polar surface area (TPSA) is 83.4 Å². The molecule has 6 unspecified atom stereocenters. The summed E-state index contributed by atoms with van der Waals surface area (Å²) in [6, 6.07) is 56.9. The van der Waals surface area contributed by atoms with Crippen LogP contribution in [0.5, 0.6) is 23.0 Å². The van der Waals surface area contributed by atoms with Crippen molar-refractivity contribution in [1.29, 1.82) is 0 Å². The van der Waals surface area contributed by atoms with Gasteiger partial charge in [-0.15, -0.1) is 0 Å². The number of hydrogen-bond donors (Lipinski definition) is 0. The minimum absolute atomic E-state index is 0.0809. The van der Waals surface area contributed by atoms with E-state index in [0.29, 0.717) is 28.6 Å². The average molecular weight is 878 g/mol. The molecule has 6 atom stereocenters. The van der Waals surface area contributed by atoms with E-state index in [1.54, 1.807) is 0 Å². The monoisotopic (exact) mass is 877 g/mol. The van der Waals surface area contributed by atoms with E-state index in [0.717, 1.165) is 113 Å².